The van der Waals surface area contributed by atoms with Crippen molar-refractivity contribution in [1.29, 1.82) is 0 Å². The van der Waals surface area contributed by atoms with E-state index in [1.54, 1.807) is 38.1 Å². The lowest BCUT2D eigenvalue weighted by Gasteiger charge is -2.45. The summed E-state index contributed by atoms with van der Waals surface area (Å²) in [7, 11) is 3.53. The van der Waals surface area contributed by atoms with Crippen molar-refractivity contribution in [3.8, 4) is 11.1 Å². The fraction of sp³-hybridized carbons (Fsp3) is 0.441. The van der Waals surface area contributed by atoms with E-state index in [0.717, 1.165) is 22.3 Å². The van der Waals surface area contributed by atoms with Crippen LogP contribution < -0.4 is 11.1 Å². The number of primary amides is 1. The lowest BCUT2D eigenvalue weighted by Crippen LogP contribution is -2.60. The zero-order valence-electron chi connectivity index (χ0n) is 25.7. The van der Waals surface area contributed by atoms with Crippen LogP contribution in [-0.4, -0.2) is 71.0 Å². The first-order valence-corrected chi connectivity index (χ1v) is 14.9. The number of nitrogens with one attached hydrogen (secondary N) is 1. The fourth-order valence-corrected chi connectivity index (χ4v) is 7.66. The molecule has 240 valence electrons. The second kappa shape index (κ2) is 11.9. The van der Waals surface area contributed by atoms with Crippen LogP contribution in [0.3, 0.4) is 0 Å². The molecule has 0 aliphatic heterocycles. The molecule has 0 spiro atoms. The van der Waals surface area contributed by atoms with E-state index in [2.05, 4.69) is 5.32 Å². The Morgan fingerprint density at radius 2 is 1.76 bits per heavy atom. The van der Waals surface area contributed by atoms with Crippen LogP contribution in [0.25, 0.3) is 11.1 Å². The molecule has 0 saturated carbocycles. The van der Waals surface area contributed by atoms with Crippen molar-refractivity contribution in [3.05, 3.63) is 81.1 Å². The van der Waals surface area contributed by atoms with Gasteiger partial charge in [0.05, 0.1) is 12.1 Å². The van der Waals surface area contributed by atoms with Crippen LogP contribution in [0.15, 0.2) is 58.9 Å². The molecule has 8 nitrogen and oxygen atoms in total. The van der Waals surface area contributed by atoms with Crippen molar-refractivity contribution in [3.63, 3.8) is 0 Å². The van der Waals surface area contributed by atoms with Crippen molar-refractivity contribution in [2.75, 3.05) is 20.6 Å². The van der Waals surface area contributed by atoms with Gasteiger partial charge in [-0.05, 0) is 92.1 Å². The minimum absolute atomic E-state index is 0.0440. The molecular weight excluding hydrogens is 587 g/mol. The minimum atomic E-state index is -4.31. The molecule has 11 heteroatoms. The van der Waals surface area contributed by atoms with Gasteiger partial charge in [-0.2, -0.15) is 13.2 Å². The number of fused-ring (bicyclic) bond motifs is 3. The number of carbonyl (C=O) groups excluding carboxylic acids is 3. The predicted molar refractivity (Wildman–Crippen MR) is 162 cm³/mol. The van der Waals surface area contributed by atoms with Crippen LogP contribution in [-0.2, 0) is 22.6 Å². The smallest absolute Gasteiger partial charge is 0.401 e. The first kappa shape index (κ1) is 32.6. The third-order valence-electron chi connectivity index (χ3n) is 9.64. The predicted octanol–water partition coefficient (Wildman–Crippen LogP) is 4.33. The summed E-state index contributed by atoms with van der Waals surface area (Å²) in [6.45, 7) is 2.42. The van der Waals surface area contributed by atoms with Gasteiger partial charge in [0.15, 0.2) is 11.4 Å². The molecular formula is C34H38F3N3O5. The average molecular weight is 626 g/mol. The van der Waals surface area contributed by atoms with E-state index in [1.807, 2.05) is 31.2 Å². The van der Waals surface area contributed by atoms with Gasteiger partial charge in [0.1, 0.15) is 5.76 Å². The highest BCUT2D eigenvalue weighted by atomic mass is 19.4. The quantitative estimate of drug-likeness (QED) is 0.352. The summed E-state index contributed by atoms with van der Waals surface area (Å²) in [5.74, 6) is -3.94. The average Bonchev–Trinajstić information content (AvgIpc) is 3.15. The van der Waals surface area contributed by atoms with Crippen molar-refractivity contribution in [1.82, 2.24) is 10.2 Å². The van der Waals surface area contributed by atoms with E-state index in [9.17, 15) is 37.8 Å². The van der Waals surface area contributed by atoms with Crippen molar-refractivity contribution >= 4 is 17.5 Å². The third kappa shape index (κ3) is 5.73. The number of rotatable bonds is 6. The number of Topliss-reactive ketones (excluding diaryl/α,β-unsaturated/α-hetero) is 2. The molecule has 2 aromatic rings. The van der Waals surface area contributed by atoms with Gasteiger partial charge >= 0.3 is 6.18 Å². The van der Waals surface area contributed by atoms with Gasteiger partial charge in [-0.15, -0.1) is 0 Å². The summed E-state index contributed by atoms with van der Waals surface area (Å²) in [4.78, 5) is 41.9. The largest absolute Gasteiger partial charge is 0.509 e. The van der Waals surface area contributed by atoms with Gasteiger partial charge in [-0.1, -0.05) is 36.4 Å². The standard InChI is InChI=1S/C34H38F3N3O5/c1-17-5-11-22(20-8-6-19(7-9-20)15-39-16-33(35,36)37)24-13-21-10-12-25-29(40(3)4)18(2)28(32(38)44)31(43)34(25,45)30(42)23(21)14-26(41)27(17)24/h5-9,11,21,25,29,39,42,45H,10,12-16H2,1-4H3,(H2,38,44)/t21-,25?,29?,34+/m1/s1. The Hall–Kier alpha value is -3.80. The molecule has 3 aliphatic carbocycles. The number of nitrogens with two attached hydrogens (primary N) is 1. The number of amides is 1. The molecule has 3 aliphatic rings. The zero-order chi connectivity index (χ0) is 33.0. The Morgan fingerprint density at radius 3 is 2.36 bits per heavy atom. The number of alkyl halides is 3. The number of likely N-dealkylation sites (N-methyl/N-ethyl adjacent to an activating group) is 1. The Kier molecular flexibility index (Phi) is 8.58. The molecule has 1 amide bonds. The van der Waals surface area contributed by atoms with Crippen molar-refractivity contribution in [2.45, 2.75) is 63.9 Å². The van der Waals surface area contributed by atoms with Crippen LogP contribution >= 0.6 is 0 Å². The fourth-order valence-electron chi connectivity index (χ4n) is 7.66. The van der Waals surface area contributed by atoms with E-state index in [1.165, 1.54) is 0 Å². The lowest BCUT2D eigenvalue weighted by atomic mass is 9.66. The number of aliphatic hydroxyl groups is 2. The van der Waals surface area contributed by atoms with Gasteiger partial charge in [0.2, 0.25) is 5.78 Å². The number of benzene rings is 2. The van der Waals surface area contributed by atoms with Crippen LogP contribution in [0.1, 0.15) is 53.2 Å². The Balaban J connectivity index is 1.56. The van der Waals surface area contributed by atoms with Crippen LogP contribution in [0.5, 0.6) is 0 Å². The molecule has 2 unspecified atom stereocenters. The summed E-state index contributed by atoms with van der Waals surface area (Å²) in [6.07, 6.45) is -3.37. The third-order valence-corrected chi connectivity index (χ3v) is 9.64. The minimum Gasteiger partial charge on any atom is -0.509 e. The topological polar surface area (TPSA) is 133 Å². The summed E-state index contributed by atoms with van der Waals surface area (Å²) in [6, 6.07) is 10.3. The van der Waals surface area contributed by atoms with Gasteiger partial charge in [-0.3, -0.25) is 14.4 Å². The molecule has 45 heavy (non-hydrogen) atoms. The highest BCUT2D eigenvalue weighted by molar-refractivity contribution is 6.24. The molecule has 2 aromatic carbocycles. The van der Waals surface area contributed by atoms with Crippen LogP contribution in [0.2, 0.25) is 0 Å². The monoisotopic (exact) mass is 625 g/mol. The molecule has 0 aromatic heterocycles. The maximum atomic E-state index is 13.9. The number of hydrogen-bond acceptors (Lipinski definition) is 7. The molecule has 0 heterocycles. The van der Waals surface area contributed by atoms with E-state index < -0.39 is 47.7 Å². The first-order chi connectivity index (χ1) is 21.1. The van der Waals surface area contributed by atoms with E-state index >= 15 is 0 Å². The Labute approximate surface area is 259 Å². The summed E-state index contributed by atoms with van der Waals surface area (Å²) in [5, 5.41) is 26.3. The zero-order valence-corrected chi connectivity index (χ0v) is 25.7. The molecule has 0 fully saturated rings. The number of hydrogen-bond donors (Lipinski definition) is 4. The number of allylic oxidation sites excluding steroid dienone is 1. The van der Waals surface area contributed by atoms with E-state index in [0.29, 0.717) is 36.0 Å². The van der Waals surface area contributed by atoms with Crippen LogP contribution in [0.4, 0.5) is 13.2 Å². The van der Waals surface area contributed by atoms with Gasteiger partial charge in [0, 0.05) is 30.5 Å². The molecule has 0 radical (unpaired) electrons. The molecule has 0 bridgehead atoms. The number of aliphatic hydroxyl groups excluding tert-OH is 1. The van der Waals surface area contributed by atoms with Crippen molar-refractivity contribution in [2.24, 2.45) is 17.6 Å². The molecule has 0 saturated heterocycles. The summed E-state index contributed by atoms with van der Waals surface area (Å²) in [5.41, 5.74) is 7.83. The number of carbonyl (C=O) groups is 3. The maximum Gasteiger partial charge on any atom is 0.401 e. The molecule has 4 atom stereocenters. The van der Waals surface area contributed by atoms with Crippen LogP contribution in [0, 0.1) is 18.8 Å². The van der Waals surface area contributed by atoms with Gasteiger partial charge in [0.25, 0.3) is 5.91 Å². The Morgan fingerprint density at radius 1 is 1.09 bits per heavy atom. The lowest BCUT2D eigenvalue weighted by molar-refractivity contribution is -0.144. The maximum absolute atomic E-state index is 13.9. The molecule has 5 N–H and O–H groups in total. The van der Waals surface area contributed by atoms with E-state index in [4.69, 9.17) is 5.73 Å². The Bertz CT molecular complexity index is 1630. The summed E-state index contributed by atoms with van der Waals surface area (Å²) >= 11 is 0. The first-order valence-electron chi connectivity index (χ1n) is 14.9. The second-order valence-electron chi connectivity index (χ2n) is 12.7. The highest BCUT2D eigenvalue weighted by Crippen LogP contribution is 2.50. The normalized spacial score (nSPS) is 25.5. The summed E-state index contributed by atoms with van der Waals surface area (Å²) < 4.78 is 37.7. The second-order valence-corrected chi connectivity index (χ2v) is 12.7. The number of halogens is 3. The van der Waals surface area contributed by atoms with Gasteiger partial charge < -0.3 is 26.2 Å². The van der Waals surface area contributed by atoms with Gasteiger partial charge in [-0.25, -0.2) is 0 Å². The number of ketones is 2. The van der Waals surface area contributed by atoms with Crippen molar-refractivity contribution < 1.29 is 37.8 Å². The number of aryl methyl sites for hydroxylation is 1. The highest BCUT2D eigenvalue weighted by Gasteiger charge is 2.59. The number of nitrogens with zero attached hydrogens (tertiary/aromatic N) is 1. The molecule has 5 rings (SSSR count). The SMILES string of the molecule is CC1=C(C(N)=O)C(=O)[C@@]2(O)C(O)=C3CC(=O)c4c(C)ccc(-c5ccc(CNCC(F)(F)F)cc5)c4C[C@H]3CCC2C1N(C)C. The van der Waals surface area contributed by atoms with E-state index in [-0.39, 0.29) is 35.8 Å².